The lowest BCUT2D eigenvalue weighted by Gasteiger charge is -2.40. The van der Waals surface area contributed by atoms with Crippen molar-refractivity contribution in [1.29, 1.82) is 0 Å². The van der Waals surface area contributed by atoms with Crippen LogP contribution in [0.5, 0.6) is 0 Å². The number of ether oxygens (including phenoxy) is 2. The average molecular weight is 989 g/mol. The summed E-state index contributed by atoms with van der Waals surface area (Å²) in [7, 11) is 0. The zero-order valence-electron chi connectivity index (χ0n) is 45.5. The highest BCUT2D eigenvalue weighted by atomic mass is 16.7. The molecule has 70 heavy (non-hydrogen) atoms. The number of unbranched alkanes of at least 4 members (excludes halogenated alkanes) is 35. The van der Waals surface area contributed by atoms with Gasteiger partial charge in [0.15, 0.2) is 6.29 Å². The summed E-state index contributed by atoms with van der Waals surface area (Å²) in [5.74, 6) is -0.191. The molecule has 1 heterocycles. The van der Waals surface area contributed by atoms with E-state index in [2.05, 4.69) is 55.6 Å². The molecule has 9 nitrogen and oxygen atoms in total. The van der Waals surface area contributed by atoms with Crippen molar-refractivity contribution >= 4 is 5.91 Å². The number of nitrogens with one attached hydrogen (secondary N) is 1. The van der Waals surface area contributed by atoms with Crippen molar-refractivity contribution in [3.05, 3.63) is 48.6 Å². The Hall–Kier alpha value is -1.85. The van der Waals surface area contributed by atoms with E-state index in [0.717, 1.165) is 44.9 Å². The van der Waals surface area contributed by atoms with Gasteiger partial charge in [0.25, 0.3) is 0 Å². The van der Waals surface area contributed by atoms with Crippen molar-refractivity contribution < 1.29 is 39.8 Å². The zero-order valence-corrected chi connectivity index (χ0v) is 45.5. The molecule has 0 aromatic heterocycles. The van der Waals surface area contributed by atoms with Crippen LogP contribution >= 0.6 is 0 Å². The standard InChI is InChI=1S/C61H113NO8/c1-3-5-7-9-11-13-15-17-19-21-23-25-26-27-28-29-31-32-34-36-38-40-42-44-46-48-50-55(64)54(53-69-61-60(68)59(67)58(66)56(52-63)70-61)62-57(65)51-49-47-45-43-41-39-37-35-33-30-24-22-20-18-16-14-12-10-8-6-4-2/h22,24,32,34,40,42,48,50,54-56,58-61,63-64,66-68H,3-21,23,25-31,33,35-39,41,43-47,49,51-53H2,1-2H3,(H,62,65)/b24-22-,34-32+,42-40+,50-48+. The van der Waals surface area contributed by atoms with E-state index in [1.807, 2.05) is 6.08 Å². The SMILES string of the molecule is CCCCCCCCCC/C=C\CCCCCCCCCCCC(=O)NC(COC1OC(CO)C(O)C(O)C1O)C(O)/C=C/CC/C=C/CC/C=C/CCCCCCCCCCCCCCCCCC. The largest absolute Gasteiger partial charge is 0.394 e. The second-order valence-electron chi connectivity index (χ2n) is 20.8. The van der Waals surface area contributed by atoms with Gasteiger partial charge in [-0.1, -0.05) is 249 Å². The maximum absolute atomic E-state index is 13.1. The highest BCUT2D eigenvalue weighted by Gasteiger charge is 2.44. The van der Waals surface area contributed by atoms with E-state index in [1.54, 1.807) is 6.08 Å². The molecule has 1 amide bonds. The molecule has 1 rings (SSSR count). The predicted octanol–water partition coefficient (Wildman–Crippen LogP) is 14.9. The van der Waals surface area contributed by atoms with Crippen LogP contribution in [0.15, 0.2) is 48.6 Å². The first kappa shape index (κ1) is 66.2. The summed E-state index contributed by atoms with van der Waals surface area (Å²) < 4.78 is 11.3. The summed E-state index contributed by atoms with van der Waals surface area (Å²) >= 11 is 0. The maximum atomic E-state index is 13.1. The molecule has 0 bridgehead atoms. The molecule has 9 heteroatoms. The number of aliphatic hydroxyl groups is 5. The Balaban J connectivity index is 2.26. The van der Waals surface area contributed by atoms with Crippen LogP contribution in [0.3, 0.4) is 0 Å². The van der Waals surface area contributed by atoms with E-state index < -0.39 is 49.5 Å². The van der Waals surface area contributed by atoms with Crippen LogP contribution < -0.4 is 5.32 Å². The highest BCUT2D eigenvalue weighted by molar-refractivity contribution is 5.76. The number of allylic oxidation sites excluding steroid dienone is 7. The van der Waals surface area contributed by atoms with Crippen LogP contribution in [0.25, 0.3) is 0 Å². The number of aliphatic hydroxyl groups excluding tert-OH is 5. The molecule has 1 fully saturated rings. The second-order valence-corrected chi connectivity index (χ2v) is 20.8. The minimum atomic E-state index is -1.58. The Kier molecular flexibility index (Phi) is 47.9. The summed E-state index contributed by atoms with van der Waals surface area (Å²) in [6.07, 6.45) is 60.4. The molecule has 1 aliphatic heterocycles. The third-order valence-corrected chi connectivity index (χ3v) is 14.1. The molecule has 0 aromatic rings. The van der Waals surface area contributed by atoms with Gasteiger partial charge in [0, 0.05) is 6.42 Å². The van der Waals surface area contributed by atoms with Crippen molar-refractivity contribution in [2.75, 3.05) is 13.2 Å². The van der Waals surface area contributed by atoms with Gasteiger partial charge in [-0.2, -0.15) is 0 Å². The first-order chi connectivity index (χ1) is 34.3. The highest BCUT2D eigenvalue weighted by Crippen LogP contribution is 2.23. The molecule has 0 radical (unpaired) electrons. The van der Waals surface area contributed by atoms with E-state index in [9.17, 15) is 30.3 Å². The van der Waals surface area contributed by atoms with Gasteiger partial charge in [-0.15, -0.1) is 0 Å². The van der Waals surface area contributed by atoms with Crippen molar-refractivity contribution in [1.82, 2.24) is 5.32 Å². The smallest absolute Gasteiger partial charge is 0.220 e. The Labute approximate surface area is 431 Å². The van der Waals surface area contributed by atoms with Crippen LogP contribution in [0.2, 0.25) is 0 Å². The molecular formula is C61H113NO8. The molecule has 0 saturated carbocycles. The number of hydrogen-bond acceptors (Lipinski definition) is 8. The summed E-state index contributed by atoms with van der Waals surface area (Å²) in [5.41, 5.74) is 0. The predicted molar refractivity (Wildman–Crippen MR) is 295 cm³/mol. The fourth-order valence-corrected chi connectivity index (χ4v) is 9.36. The Morgan fingerprint density at radius 1 is 0.471 bits per heavy atom. The second kappa shape index (κ2) is 50.7. The van der Waals surface area contributed by atoms with Gasteiger partial charge in [-0.25, -0.2) is 0 Å². The summed E-state index contributed by atoms with van der Waals surface area (Å²) in [6, 6.07) is -0.831. The molecule has 7 unspecified atom stereocenters. The quantitative estimate of drug-likeness (QED) is 0.0261. The van der Waals surface area contributed by atoms with Crippen LogP contribution in [0.1, 0.15) is 277 Å². The van der Waals surface area contributed by atoms with E-state index in [1.165, 1.54) is 212 Å². The molecule has 7 atom stereocenters. The first-order valence-corrected chi connectivity index (χ1v) is 29.9. The fourth-order valence-electron chi connectivity index (χ4n) is 9.36. The van der Waals surface area contributed by atoms with E-state index in [4.69, 9.17) is 9.47 Å². The van der Waals surface area contributed by atoms with Gasteiger partial charge < -0.3 is 40.3 Å². The van der Waals surface area contributed by atoms with Crippen LogP contribution in [-0.2, 0) is 14.3 Å². The lowest BCUT2D eigenvalue weighted by Crippen LogP contribution is -2.60. The number of carbonyl (C=O) groups excluding carboxylic acids is 1. The normalized spacial score (nSPS) is 19.7. The van der Waals surface area contributed by atoms with E-state index >= 15 is 0 Å². The number of carbonyl (C=O) groups is 1. The Bertz CT molecular complexity index is 1240. The summed E-state index contributed by atoms with van der Waals surface area (Å²) in [6.45, 7) is 3.78. The summed E-state index contributed by atoms with van der Waals surface area (Å²) in [4.78, 5) is 13.1. The molecule has 1 aliphatic rings. The molecule has 0 aliphatic carbocycles. The minimum Gasteiger partial charge on any atom is -0.394 e. The number of rotatable bonds is 51. The van der Waals surface area contributed by atoms with E-state index in [-0.39, 0.29) is 12.5 Å². The van der Waals surface area contributed by atoms with Gasteiger partial charge in [0.2, 0.25) is 5.91 Å². The molecule has 0 spiro atoms. The third kappa shape index (κ3) is 39.7. The van der Waals surface area contributed by atoms with Crippen LogP contribution in [-0.4, -0.2) is 87.5 Å². The van der Waals surface area contributed by atoms with Gasteiger partial charge in [0.05, 0.1) is 25.4 Å². The van der Waals surface area contributed by atoms with Crippen molar-refractivity contribution in [3.63, 3.8) is 0 Å². The lowest BCUT2D eigenvalue weighted by atomic mass is 9.99. The zero-order chi connectivity index (χ0) is 50.8. The average Bonchev–Trinajstić information content (AvgIpc) is 3.36. The van der Waals surface area contributed by atoms with Crippen molar-refractivity contribution in [2.45, 2.75) is 320 Å². The molecule has 410 valence electrons. The molecule has 1 saturated heterocycles. The topological polar surface area (TPSA) is 149 Å². The van der Waals surface area contributed by atoms with Gasteiger partial charge in [-0.05, 0) is 70.6 Å². The fraction of sp³-hybridized carbons (Fsp3) is 0.852. The van der Waals surface area contributed by atoms with Gasteiger partial charge in [0.1, 0.15) is 24.4 Å². The Morgan fingerprint density at radius 2 is 0.814 bits per heavy atom. The van der Waals surface area contributed by atoms with Gasteiger partial charge in [-0.3, -0.25) is 4.79 Å². The van der Waals surface area contributed by atoms with Crippen LogP contribution in [0.4, 0.5) is 0 Å². The molecule has 6 N–H and O–H groups in total. The monoisotopic (exact) mass is 988 g/mol. The lowest BCUT2D eigenvalue weighted by molar-refractivity contribution is -0.302. The van der Waals surface area contributed by atoms with Crippen molar-refractivity contribution in [2.24, 2.45) is 0 Å². The van der Waals surface area contributed by atoms with E-state index in [0.29, 0.717) is 6.42 Å². The molecular weight excluding hydrogens is 875 g/mol. The third-order valence-electron chi connectivity index (χ3n) is 14.1. The number of hydrogen-bond donors (Lipinski definition) is 6. The number of amides is 1. The molecule has 0 aromatic carbocycles. The minimum absolute atomic E-state index is 0.191. The van der Waals surface area contributed by atoms with Gasteiger partial charge >= 0.3 is 0 Å². The maximum Gasteiger partial charge on any atom is 0.220 e. The Morgan fingerprint density at radius 3 is 1.20 bits per heavy atom. The van der Waals surface area contributed by atoms with Crippen LogP contribution in [0, 0.1) is 0 Å². The van der Waals surface area contributed by atoms with Crippen molar-refractivity contribution in [3.8, 4) is 0 Å². The first-order valence-electron chi connectivity index (χ1n) is 29.9. The summed E-state index contributed by atoms with van der Waals surface area (Å²) in [5, 5.41) is 54.5.